The van der Waals surface area contributed by atoms with E-state index in [-0.39, 0.29) is 17.5 Å². The molecule has 0 aromatic heterocycles. The topological polar surface area (TPSA) is 55.1 Å². The fourth-order valence-electron chi connectivity index (χ4n) is 2.29. The third kappa shape index (κ3) is 4.67. The normalized spacial score (nSPS) is 16.4. The first kappa shape index (κ1) is 14.1. The molecule has 1 aliphatic carbocycles. The monoisotopic (exact) mass is 260 g/mol. The van der Waals surface area contributed by atoms with E-state index in [4.69, 9.17) is 5.73 Å². The van der Waals surface area contributed by atoms with Gasteiger partial charge < -0.3 is 11.1 Å². The van der Waals surface area contributed by atoms with Crippen molar-refractivity contribution in [1.82, 2.24) is 5.32 Å². The lowest BCUT2D eigenvalue weighted by Gasteiger charge is -2.11. The average Bonchev–Trinajstić information content (AvgIpc) is 3.04. The summed E-state index contributed by atoms with van der Waals surface area (Å²) in [6.07, 6.45) is 4.57. The number of hydrogen-bond acceptors (Lipinski definition) is 2. The molecule has 1 aromatic rings. The van der Waals surface area contributed by atoms with Gasteiger partial charge in [-0.05, 0) is 50.7 Å². The molecule has 0 unspecified atom stereocenters. The highest BCUT2D eigenvalue weighted by Crippen LogP contribution is 2.35. The summed E-state index contributed by atoms with van der Waals surface area (Å²) in [5, 5.41) is 2.92. The number of carbonyl (C=O) groups is 1. The number of nitrogens with one attached hydrogen (secondary N) is 1. The lowest BCUT2D eigenvalue weighted by molar-refractivity contribution is -0.121. The van der Waals surface area contributed by atoms with Crippen LogP contribution in [0, 0.1) is 0 Å². The summed E-state index contributed by atoms with van der Waals surface area (Å²) in [5.74, 6) is 0.123. The molecule has 0 spiro atoms. The molecule has 19 heavy (non-hydrogen) atoms. The Morgan fingerprint density at radius 2 is 2.05 bits per heavy atom. The van der Waals surface area contributed by atoms with Crippen LogP contribution in [-0.4, -0.2) is 17.5 Å². The van der Waals surface area contributed by atoms with E-state index in [0.29, 0.717) is 6.42 Å². The SMILES string of the molecule is CC(C)NC(=O)CCc1cccc(CC2(N)CC2)c1. The minimum Gasteiger partial charge on any atom is -0.354 e. The summed E-state index contributed by atoms with van der Waals surface area (Å²) in [6.45, 7) is 3.96. The van der Waals surface area contributed by atoms with Crippen molar-refractivity contribution in [2.75, 3.05) is 0 Å². The summed E-state index contributed by atoms with van der Waals surface area (Å²) in [5.41, 5.74) is 8.71. The Morgan fingerprint density at radius 3 is 2.68 bits per heavy atom. The maximum Gasteiger partial charge on any atom is 0.220 e. The second-order valence-electron chi connectivity index (χ2n) is 6.08. The Morgan fingerprint density at radius 1 is 1.37 bits per heavy atom. The van der Waals surface area contributed by atoms with Gasteiger partial charge in [-0.1, -0.05) is 24.3 Å². The number of nitrogens with two attached hydrogens (primary N) is 1. The highest BCUT2D eigenvalue weighted by Gasteiger charge is 2.37. The van der Waals surface area contributed by atoms with Gasteiger partial charge in [0.2, 0.25) is 5.91 Å². The van der Waals surface area contributed by atoms with E-state index in [1.165, 1.54) is 11.1 Å². The number of rotatable bonds is 6. The van der Waals surface area contributed by atoms with Crippen molar-refractivity contribution in [3.63, 3.8) is 0 Å². The largest absolute Gasteiger partial charge is 0.354 e. The molecule has 1 saturated carbocycles. The minimum atomic E-state index is 0.0492. The van der Waals surface area contributed by atoms with Crippen molar-refractivity contribution < 1.29 is 4.79 Å². The molecule has 0 bridgehead atoms. The fraction of sp³-hybridized carbons (Fsp3) is 0.562. The van der Waals surface area contributed by atoms with Gasteiger partial charge in [-0.25, -0.2) is 0 Å². The number of aryl methyl sites for hydroxylation is 1. The van der Waals surface area contributed by atoms with Gasteiger partial charge in [0.25, 0.3) is 0 Å². The summed E-state index contributed by atoms with van der Waals surface area (Å²) in [6, 6.07) is 8.69. The summed E-state index contributed by atoms with van der Waals surface area (Å²) in [4.78, 5) is 11.6. The van der Waals surface area contributed by atoms with E-state index in [1.807, 2.05) is 13.8 Å². The molecule has 3 N–H and O–H groups in total. The molecular weight excluding hydrogens is 236 g/mol. The van der Waals surface area contributed by atoms with Gasteiger partial charge in [-0.15, -0.1) is 0 Å². The fourth-order valence-corrected chi connectivity index (χ4v) is 2.29. The Balaban J connectivity index is 1.86. The summed E-state index contributed by atoms with van der Waals surface area (Å²) < 4.78 is 0. The highest BCUT2D eigenvalue weighted by molar-refractivity contribution is 5.76. The standard InChI is InChI=1S/C16H24N2O/c1-12(2)18-15(19)7-6-13-4-3-5-14(10-13)11-16(17)8-9-16/h3-5,10,12H,6-9,11,17H2,1-2H3,(H,18,19). The van der Waals surface area contributed by atoms with E-state index in [2.05, 4.69) is 29.6 Å². The lowest BCUT2D eigenvalue weighted by Crippen LogP contribution is -2.30. The van der Waals surface area contributed by atoms with E-state index in [1.54, 1.807) is 0 Å². The van der Waals surface area contributed by atoms with Crippen molar-refractivity contribution in [3.05, 3.63) is 35.4 Å². The van der Waals surface area contributed by atoms with Crippen LogP contribution < -0.4 is 11.1 Å². The Bertz CT molecular complexity index is 450. The van der Waals surface area contributed by atoms with Crippen molar-refractivity contribution >= 4 is 5.91 Å². The van der Waals surface area contributed by atoms with Gasteiger partial charge in [0.05, 0.1) is 0 Å². The van der Waals surface area contributed by atoms with Crippen LogP contribution >= 0.6 is 0 Å². The molecule has 104 valence electrons. The van der Waals surface area contributed by atoms with Crippen molar-refractivity contribution in [2.45, 2.75) is 57.5 Å². The first-order valence-corrected chi connectivity index (χ1v) is 7.13. The molecule has 1 fully saturated rings. The van der Waals surface area contributed by atoms with Crippen molar-refractivity contribution in [1.29, 1.82) is 0 Å². The zero-order valence-corrected chi connectivity index (χ0v) is 11.9. The van der Waals surface area contributed by atoms with E-state index < -0.39 is 0 Å². The molecule has 0 heterocycles. The van der Waals surface area contributed by atoms with E-state index >= 15 is 0 Å². The Labute approximate surface area is 115 Å². The van der Waals surface area contributed by atoms with Crippen LogP contribution in [0.4, 0.5) is 0 Å². The third-order valence-electron chi connectivity index (χ3n) is 3.53. The van der Waals surface area contributed by atoms with Gasteiger partial charge in [0.1, 0.15) is 0 Å². The molecule has 0 radical (unpaired) electrons. The van der Waals surface area contributed by atoms with Crippen LogP contribution in [0.5, 0.6) is 0 Å². The van der Waals surface area contributed by atoms with Gasteiger partial charge >= 0.3 is 0 Å². The second kappa shape index (κ2) is 5.74. The molecular formula is C16H24N2O. The number of hydrogen-bond donors (Lipinski definition) is 2. The van der Waals surface area contributed by atoms with Crippen LogP contribution in [-0.2, 0) is 17.6 Å². The minimum absolute atomic E-state index is 0.0492. The van der Waals surface area contributed by atoms with Gasteiger partial charge in [0, 0.05) is 18.0 Å². The molecule has 1 amide bonds. The molecule has 3 heteroatoms. The molecule has 0 atom stereocenters. The predicted molar refractivity (Wildman–Crippen MR) is 77.9 cm³/mol. The molecule has 0 aliphatic heterocycles. The first-order valence-electron chi connectivity index (χ1n) is 7.13. The zero-order valence-electron chi connectivity index (χ0n) is 11.9. The molecule has 1 aromatic carbocycles. The number of carbonyl (C=O) groups excluding carboxylic acids is 1. The maximum atomic E-state index is 11.6. The van der Waals surface area contributed by atoms with Crippen molar-refractivity contribution in [2.24, 2.45) is 5.73 Å². The molecule has 0 saturated heterocycles. The van der Waals surface area contributed by atoms with Crippen LogP contribution in [0.3, 0.4) is 0 Å². The zero-order chi connectivity index (χ0) is 13.9. The van der Waals surface area contributed by atoms with E-state index in [9.17, 15) is 4.79 Å². The molecule has 2 rings (SSSR count). The van der Waals surface area contributed by atoms with Crippen molar-refractivity contribution in [3.8, 4) is 0 Å². The maximum absolute atomic E-state index is 11.6. The third-order valence-corrected chi connectivity index (χ3v) is 3.53. The highest BCUT2D eigenvalue weighted by atomic mass is 16.1. The van der Waals surface area contributed by atoms with E-state index in [0.717, 1.165) is 25.7 Å². The van der Waals surface area contributed by atoms with Gasteiger partial charge in [-0.2, -0.15) is 0 Å². The van der Waals surface area contributed by atoms with Crippen LogP contribution in [0.25, 0.3) is 0 Å². The molecule has 3 nitrogen and oxygen atoms in total. The number of benzene rings is 1. The lowest BCUT2D eigenvalue weighted by atomic mass is 10.0. The van der Waals surface area contributed by atoms with Crippen LogP contribution in [0.2, 0.25) is 0 Å². The summed E-state index contributed by atoms with van der Waals surface area (Å²) in [7, 11) is 0. The predicted octanol–water partition coefficient (Wildman–Crippen LogP) is 2.18. The Kier molecular flexibility index (Phi) is 4.25. The van der Waals surface area contributed by atoms with Crippen LogP contribution in [0.15, 0.2) is 24.3 Å². The smallest absolute Gasteiger partial charge is 0.220 e. The van der Waals surface area contributed by atoms with Gasteiger partial charge in [0.15, 0.2) is 0 Å². The van der Waals surface area contributed by atoms with Crippen LogP contribution in [0.1, 0.15) is 44.2 Å². The Hall–Kier alpha value is -1.35. The summed E-state index contributed by atoms with van der Waals surface area (Å²) >= 11 is 0. The quantitative estimate of drug-likeness (QED) is 0.823. The number of amides is 1. The molecule has 1 aliphatic rings. The van der Waals surface area contributed by atoms with Gasteiger partial charge in [-0.3, -0.25) is 4.79 Å². The second-order valence-corrected chi connectivity index (χ2v) is 6.08. The average molecular weight is 260 g/mol. The first-order chi connectivity index (χ1) is 8.97.